The van der Waals surface area contributed by atoms with Gasteiger partial charge in [0.1, 0.15) is 6.07 Å². The summed E-state index contributed by atoms with van der Waals surface area (Å²) in [7, 11) is 1.92. The van der Waals surface area contributed by atoms with Gasteiger partial charge in [-0.15, -0.1) is 0 Å². The van der Waals surface area contributed by atoms with E-state index in [4.69, 9.17) is 11.0 Å². The molecule has 0 fully saturated rings. The van der Waals surface area contributed by atoms with Gasteiger partial charge in [-0.1, -0.05) is 17.7 Å². The molecule has 0 amide bonds. The van der Waals surface area contributed by atoms with Gasteiger partial charge < -0.3 is 10.6 Å². The molecule has 0 aliphatic carbocycles. The van der Waals surface area contributed by atoms with Gasteiger partial charge in [0.25, 0.3) is 0 Å². The van der Waals surface area contributed by atoms with Crippen LogP contribution in [0.5, 0.6) is 0 Å². The third-order valence-corrected chi connectivity index (χ3v) is 3.06. The van der Waals surface area contributed by atoms with E-state index in [1.165, 1.54) is 11.8 Å². The molecule has 0 aliphatic heterocycles. The smallest absolute Gasteiger partial charge is 0.156 e. The maximum Gasteiger partial charge on any atom is 0.156 e. The highest BCUT2D eigenvalue weighted by Gasteiger charge is 2.12. The highest BCUT2D eigenvalue weighted by atomic mass is 15.2. The van der Waals surface area contributed by atoms with Crippen LogP contribution in [0.3, 0.4) is 0 Å². The molecule has 1 heterocycles. The van der Waals surface area contributed by atoms with Crippen LogP contribution in [0, 0.1) is 25.2 Å². The second-order valence-electron chi connectivity index (χ2n) is 4.60. The Hall–Kier alpha value is -2.54. The van der Waals surface area contributed by atoms with Crippen molar-refractivity contribution in [2.75, 3.05) is 17.7 Å². The summed E-state index contributed by atoms with van der Waals surface area (Å²) >= 11 is 0. The van der Waals surface area contributed by atoms with Crippen molar-refractivity contribution in [1.29, 1.82) is 5.26 Å². The molecule has 0 atom stereocenters. The van der Waals surface area contributed by atoms with Crippen LogP contribution in [0.25, 0.3) is 0 Å². The quantitative estimate of drug-likeness (QED) is 0.892. The van der Waals surface area contributed by atoms with Crippen molar-refractivity contribution < 1.29 is 0 Å². The van der Waals surface area contributed by atoms with Gasteiger partial charge in [0.05, 0.1) is 11.3 Å². The predicted octanol–water partition coefficient (Wildman–Crippen LogP) is 2.92. The number of hydrogen-bond acceptors (Lipinski definition) is 4. The molecule has 96 valence electrons. The number of nitriles is 1. The second kappa shape index (κ2) is 4.99. The maximum absolute atomic E-state index is 8.82. The minimum atomic E-state index is 0.468. The number of rotatable bonds is 2. The first-order valence-corrected chi connectivity index (χ1v) is 5.99. The number of benzene rings is 1. The average Bonchev–Trinajstić information content (AvgIpc) is 2.37. The molecule has 1 aromatic heterocycles. The van der Waals surface area contributed by atoms with Gasteiger partial charge in [0.2, 0.25) is 0 Å². The number of nitrogens with two attached hydrogens (primary N) is 1. The first-order chi connectivity index (χ1) is 9.02. The molecule has 4 nitrogen and oxygen atoms in total. The number of aromatic nitrogens is 1. The Labute approximate surface area is 113 Å². The topological polar surface area (TPSA) is 65.9 Å². The normalized spacial score (nSPS) is 10.0. The number of hydrogen-bond donors (Lipinski definition) is 1. The fourth-order valence-corrected chi connectivity index (χ4v) is 2.11. The lowest BCUT2D eigenvalue weighted by Crippen LogP contribution is -2.14. The fraction of sp³-hybridized carbons (Fsp3) is 0.200. The number of aryl methyl sites for hydroxylation is 2. The van der Waals surface area contributed by atoms with Crippen LogP contribution in [0.4, 0.5) is 17.2 Å². The molecular weight excluding hydrogens is 236 g/mol. The predicted molar refractivity (Wildman–Crippen MR) is 77.3 cm³/mol. The van der Waals surface area contributed by atoms with E-state index in [9.17, 15) is 0 Å². The minimum Gasteiger partial charge on any atom is -0.396 e. The van der Waals surface area contributed by atoms with Crippen LogP contribution < -0.4 is 10.6 Å². The van der Waals surface area contributed by atoms with Gasteiger partial charge in [-0.3, -0.25) is 0 Å². The van der Waals surface area contributed by atoms with Crippen LogP contribution in [0.15, 0.2) is 30.5 Å². The van der Waals surface area contributed by atoms with Crippen LogP contribution in [-0.4, -0.2) is 12.0 Å². The highest BCUT2D eigenvalue weighted by Crippen LogP contribution is 2.29. The zero-order valence-corrected chi connectivity index (χ0v) is 11.3. The summed E-state index contributed by atoms with van der Waals surface area (Å²) in [4.78, 5) is 6.20. The second-order valence-corrected chi connectivity index (χ2v) is 4.60. The Morgan fingerprint density at radius 2 is 2.00 bits per heavy atom. The van der Waals surface area contributed by atoms with Crippen LogP contribution >= 0.6 is 0 Å². The van der Waals surface area contributed by atoms with E-state index < -0.39 is 0 Å². The Balaban J connectivity index is 2.44. The van der Waals surface area contributed by atoms with Crippen molar-refractivity contribution >= 4 is 17.2 Å². The monoisotopic (exact) mass is 252 g/mol. The Morgan fingerprint density at radius 1 is 1.26 bits per heavy atom. The molecule has 0 unspecified atom stereocenters. The number of anilines is 3. The fourth-order valence-electron chi connectivity index (χ4n) is 2.11. The van der Waals surface area contributed by atoms with Crippen molar-refractivity contribution in [3.05, 3.63) is 47.2 Å². The summed E-state index contributed by atoms with van der Waals surface area (Å²) in [6, 6.07) is 9.89. The number of nitrogens with zero attached hydrogens (tertiary/aromatic N) is 3. The van der Waals surface area contributed by atoms with Gasteiger partial charge in [-0.05, 0) is 31.5 Å². The molecule has 0 spiro atoms. The van der Waals surface area contributed by atoms with Gasteiger partial charge >= 0.3 is 0 Å². The molecule has 2 aromatic rings. The van der Waals surface area contributed by atoms with Crippen LogP contribution in [0.2, 0.25) is 0 Å². The van der Waals surface area contributed by atoms with E-state index in [1.54, 1.807) is 6.07 Å². The molecule has 0 bridgehead atoms. The molecule has 4 heteroatoms. The largest absolute Gasteiger partial charge is 0.396 e. The first-order valence-electron chi connectivity index (χ1n) is 5.99. The summed E-state index contributed by atoms with van der Waals surface area (Å²) < 4.78 is 0. The zero-order chi connectivity index (χ0) is 14.0. The van der Waals surface area contributed by atoms with Crippen molar-refractivity contribution in [3.8, 4) is 6.07 Å². The molecule has 2 N–H and O–H groups in total. The molecule has 0 saturated heterocycles. The third kappa shape index (κ3) is 2.50. The van der Waals surface area contributed by atoms with Crippen molar-refractivity contribution in [1.82, 2.24) is 4.98 Å². The summed E-state index contributed by atoms with van der Waals surface area (Å²) in [6.07, 6.45) is 1.53. The average molecular weight is 252 g/mol. The number of nitrogen functional groups attached to an aromatic ring is 1. The van der Waals surface area contributed by atoms with E-state index in [0.29, 0.717) is 17.1 Å². The van der Waals surface area contributed by atoms with Gasteiger partial charge in [0, 0.05) is 18.9 Å². The molecule has 2 rings (SSSR count). The lowest BCUT2D eigenvalue weighted by Gasteiger charge is -2.22. The molecular formula is C15H16N4. The van der Waals surface area contributed by atoms with E-state index in [0.717, 1.165) is 11.3 Å². The molecule has 19 heavy (non-hydrogen) atoms. The Morgan fingerprint density at radius 3 is 2.58 bits per heavy atom. The lowest BCUT2D eigenvalue weighted by molar-refractivity contribution is 1.11. The van der Waals surface area contributed by atoms with Crippen molar-refractivity contribution in [2.45, 2.75) is 13.8 Å². The number of pyridine rings is 1. The van der Waals surface area contributed by atoms with E-state index in [2.05, 4.69) is 31.0 Å². The summed E-state index contributed by atoms with van der Waals surface area (Å²) in [5.41, 5.74) is 10.4. The van der Waals surface area contributed by atoms with Gasteiger partial charge in [0.15, 0.2) is 5.82 Å². The SMILES string of the molecule is Cc1ccc(N(C)c2ncc(C#N)cc2N)c(C)c1. The Bertz CT molecular complexity index is 656. The Kier molecular flexibility index (Phi) is 3.39. The zero-order valence-electron chi connectivity index (χ0n) is 11.3. The maximum atomic E-state index is 8.82. The highest BCUT2D eigenvalue weighted by molar-refractivity contribution is 5.73. The van der Waals surface area contributed by atoms with E-state index in [-0.39, 0.29) is 0 Å². The molecule has 0 radical (unpaired) electrons. The van der Waals surface area contributed by atoms with E-state index in [1.807, 2.05) is 24.1 Å². The molecule has 0 aliphatic rings. The standard InChI is InChI=1S/C15H16N4/c1-10-4-5-14(11(2)6-10)19(3)15-13(17)7-12(8-16)9-18-15/h4-7,9H,17H2,1-3H3. The van der Waals surface area contributed by atoms with Crippen molar-refractivity contribution in [2.24, 2.45) is 0 Å². The summed E-state index contributed by atoms with van der Waals surface area (Å²) in [6.45, 7) is 4.11. The van der Waals surface area contributed by atoms with Gasteiger partial charge in [-0.2, -0.15) is 5.26 Å². The first kappa shape index (κ1) is 12.9. The van der Waals surface area contributed by atoms with Crippen molar-refractivity contribution in [3.63, 3.8) is 0 Å². The van der Waals surface area contributed by atoms with E-state index >= 15 is 0 Å². The van der Waals surface area contributed by atoms with Gasteiger partial charge in [-0.25, -0.2) is 4.98 Å². The third-order valence-electron chi connectivity index (χ3n) is 3.06. The lowest BCUT2D eigenvalue weighted by atomic mass is 10.1. The molecule has 0 saturated carbocycles. The summed E-state index contributed by atoms with van der Waals surface area (Å²) in [5, 5.41) is 8.82. The molecule has 1 aromatic carbocycles. The van der Waals surface area contributed by atoms with Crippen LogP contribution in [-0.2, 0) is 0 Å². The van der Waals surface area contributed by atoms with Crippen LogP contribution in [0.1, 0.15) is 16.7 Å². The minimum absolute atomic E-state index is 0.468. The summed E-state index contributed by atoms with van der Waals surface area (Å²) in [5.74, 6) is 0.658.